The van der Waals surface area contributed by atoms with Crippen LogP contribution in [-0.4, -0.2) is 19.2 Å². The fraction of sp³-hybridized carbons (Fsp3) is 0.0667. The topological polar surface area (TPSA) is 50.7 Å². The molecule has 0 aliphatic rings. The zero-order valence-electron chi connectivity index (χ0n) is 11.1. The van der Waals surface area contributed by atoms with Crippen molar-refractivity contribution in [3.8, 4) is 5.75 Å². The van der Waals surface area contributed by atoms with E-state index < -0.39 is 0 Å². The van der Waals surface area contributed by atoms with E-state index in [-0.39, 0.29) is 11.7 Å². The van der Waals surface area contributed by atoms with Gasteiger partial charge in [-0.1, -0.05) is 12.1 Å². The molecule has 2 rings (SSSR count). The highest BCUT2D eigenvalue weighted by atomic mass is 127. The normalized spacial score (nSPS) is 10.6. The molecule has 0 fully saturated rings. The first-order valence-corrected chi connectivity index (χ1v) is 7.10. The van der Waals surface area contributed by atoms with Gasteiger partial charge in [0, 0.05) is 5.56 Å². The molecule has 21 heavy (non-hydrogen) atoms. The number of ether oxygens (including phenoxy) is 1. The molecule has 0 aliphatic carbocycles. The Kier molecular flexibility index (Phi) is 5.26. The van der Waals surface area contributed by atoms with E-state index in [0.29, 0.717) is 16.9 Å². The van der Waals surface area contributed by atoms with Crippen LogP contribution in [0, 0.1) is 9.39 Å². The third kappa shape index (κ3) is 4.25. The number of nitrogens with zero attached hydrogens (tertiary/aromatic N) is 1. The van der Waals surface area contributed by atoms with Gasteiger partial charge >= 0.3 is 0 Å². The van der Waals surface area contributed by atoms with E-state index in [0.717, 1.165) is 3.57 Å². The van der Waals surface area contributed by atoms with Crippen LogP contribution in [-0.2, 0) is 0 Å². The Morgan fingerprint density at radius 1 is 1.29 bits per heavy atom. The summed E-state index contributed by atoms with van der Waals surface area (Å²) in [6.45, 7) is 0. The molecule has 0 saturated carbocycles. The van der Waals surface area contributed by atoms with Gasteiger partial charge in [0.15, 0.2) is 0 Å². The monoisotopic (exact) mass is 398 g/mol. The Bertz CT molecular complexity index is 672. The first kappa shape index (κ1) is 15.4. The molecule has 0 bridgehead atoms. The van der Waals surface area contributed by atoms with Crippen molar-refractivity contribution < 1.29 is 13.9 Å². The molecule has 0 atom stereocenters. The van der Waals surface area contributed by atoms with E-state index in [2.05, 4.69) is 33.1 Å². The lowest BCUT2D eigenvalue weighted by molar-refractivity contribution is 0.0954. The molecule has 6 heteroatoms. The smallest absolute Gasteiger partial charge is 0.271 e. The molecular weight excluding hydrogens is 386 g/mol. The molecule has 0 saturated heterocycles. The van der Waals surface area contributed by atoms with Gasteiger partial charge in [-0.2, -0.15) is 5.10 Å². The second-order valence-corrected chi connectivity index (χ2v) is 5.26. The van der Waals surface area contributed by atoms with Crippen molar-refractivity contribution >= 4 is 34.7 Å². The van der Waals surface area contributed by atoms with Crippen molar-refractivity contribution in [2.75, 3.05) is 7.11 Å². The summed E-state index contributed by atoms with van der Waals surface area (Å²) >= 11 is 2.12. The van der Waals surface area contributed by atoms with Crippen LogP contribution in [0.1, 0.15) is 15.9 Å². The van der Waals surface area contributed by atoms with E-state index in [1.807, 2.05) is 0 Å². The zero-order valence-corrected chi connectivity index (χ0v) is 13.3. The minimum Gasteiger partial charge on any atom is -0.496 e. The van der Waals surface area contributed by atoms with Crippen LogP contribution in [0.4, 0.5) is 4.39 Å². The van der Waals surface area contributed by atoms with E-state index in [4.69, 9.17) is 4.74 Å². The van der Waals surface area contributed by atoms with E-state index >= 15 is 0 Å². The lowest BCUT2D eigenvalue weighted by Crippen LogP contribution is -2.17. The Morgan fingerprint density at radius 3 is 2.67 bits per heavy atom. The highest BCUT2D eigenvalue weighted by molar-refractivity contribution is 14.1. The molecule has 0 heterocycles. The van der Waals surface area contributed by atoms with Gasteiger partial charge in [-0.3, -0.25) is 4.79 Å². The van der Waals surface area contributed by atoms with Crippen LogP contribution >= 0.6 is 22.6 Å². The highest BCUT2D eigenvalue weighted by Crippen LogP contribution is 2.21. The van der Waals surface area contributed by atoms with E-state index in [1.165, 1.54) is 18.3 Å². The quantitative estimate of drug-likeness (QED) is 0.489. The first-order chi connectivity index (χ1) is 10.1. The number of amides is 1. The largest absolute Gasteiger partial charge is 0.496 e. The SMILES string of the molecule is COc1cc(C(=O)N/N=C\c2ccc(F)cc2)ccc1I. The number of carbonyl (C=O) groups excluding carboxylic acids is 1. The predicted molar refractivity (Wildman–Crippen MR) is 87.2 cm³/mol. The van der Waals surface area contributed by atoms with Gasteiger partial charge in [0.1, 0.15) is 11.6 Å². The fourth-order valence-electron chi connectivity index (χ4n) is 1.58. The third-order valence-corrected chi connectivity index (χ3v) is 3.55. The Hall–Kier alpha value is -1.96. The molecule has 0 aliphatic heterocycles. The predicted octanol–water partition coefficient (Wildman–Crippen LogP) is 3.20. The number of rotatable bonds is 4. The van der Waals surface area contributed by atoms with Crippen LogP contribution in [0.3, 0.4) is 0 Å². The third-order valence-electron chi connectivity index (χ3n) is 2.66. The molecule has 0 unspecified atom stereocenters. The molecule has 108 valence electrons. The Labute approximate surface area is 135 Å². The second-order valence-electron chi connectivity index (χ2n) is 4.10. The lowest BCUT2D eigenvalue weighted by atomic mass is 10.2. The van der Waals surface area contributed by atoms with Gasteiger partial charge in [0.05, 0.1) is 16.9 Å². The molecule has 1 N–H and O–H groups in total. The van der Waals surface area contributed by atoms with Crippen molar-refractivity contribution in [2.24, 2.45) is 5.10 Å². The summed E-state index contributed by atoms with van der Waals surface area (Å²) < 4.78 is 18.8. The fourth-order valence-corrected chi connectivity index (χ4v) is 2.14. The number of methoxy groups -OCH3 is 1. The van der Waals surface area contributed by atoms with Gasteiger partial charge in [0.2, 0.25) is 0 Å². The van der Waals surface area contributed by atoms with Crippen LogP contribution < -0.4 is 10.2 Å². The van der Waals surface area contributed by atoms with Crippen LogP contribution in [0.5, 0.6) is 5.75 Å². The number of hydrogen-bond acceptors (Lipinski definition) is 3. The van der Waals surface area contributed by atoms with Gasteiger partial charge in [-0.25, -0.2) is 9.82 Å². The molecule has 0 aromatic heterocycles. The van der Waals surface area contributed by atoms with Crippen molar-refractivity contribution in [3.05, 3.63) is 63.0 Å². The summed E-state index contributed by atoms with van der Waals surface area (Å²) in [6, 6.07) is 10.9. The maximum atomic E-state index is 12.7. The maximum Gasteiger partial charge on any atom is 0.271 e. The number of nitrogens with one attached hydrogen (secondary N) is 1. The molecule has 1 amide bonds. The summed E-state index contributed by atoms with van der Waals surface area (Å²) in [5, 5.41) is 3.84. The maximum absolute atomic E-state index is 12.7. The van der Waals surface area contributed by atoms with Crippen LogP contribution in [0.15, 0.2) is 47.6 Å². The minimum atomic E-state index is -0.344. The number of carbonyl (C=O) groups is 1. The second kappa shape index (κ2) is 7.16. The van der Waals surface area contributed by atoms with Crippen LogP contribution in [0.25, 0.3) is 0 Å². The van der Waals surface area contributed by atoms with Crippen molar-refractivity contribution in [2.45, 2.75) is 0 Å². The standard InChI is InChI=1S/C15H12FIN2O2/c1-21-14-8-11(4-7-13(14)17)15(20)19-18-9-10-2-5-12(16)6-3-10/h2-9H,1H3,(H,19,20)/b18-9-. The van der Waals surface area contributed by atoms with E-state index in [9.17, 15) is 9.18 Å². The molecule has 0 radical (unpaired) electrons. The number of halogens is 2. The highest BCUT2D eigenvalue weighted by Gasteiger charge is 2.08. The molecule has 2 aromatic carbocycles. The van der Waals surface area contributed by atoms with E-state index in [1.54, 1.807) is 37.4 Å². The van der Waals surface area contributed by atoms with Crippen molar-refractivity contribution in [1.29, 1.82) is 0 Å². The number of hydrazone groups is 1. The van der Waals surface area contributed by atoms with Crippen LogP contribution in [0.2, 0.25) is 0 Å². The summed E-state index contributed by atoms with van der Waals surface area (Å²) in [7, 11) is 1.55. The average molecular weight is 398 g/mol. The number of benzene rings is 2. The zero-order chi connectivity index (χ0) is 15.2. The van der Waals surface area contributed by atoms with Gasteiger partial charge in [-0.05, 0) is 58.5 Å². The summed E-state index contributed by atoms with van der Waals surface area (Å²) in [5.74, 6) is -0.0315. The van der Waals surface area contributed by atoms with Crippen molar-refractivity contribution in [3.63, 3.8) is 0 Å². The minimum absolute atomic E-state index is 0.317. The summed E-state index contributed by atoms with van der Waals surface area (Å²) in [5.41, 5.74) is 3.55. The van der Waals surface area contributed by atoms with Crippen molar-refractivity contribution in [1.82, 2.24) is 5.43 Å². The number of hydrogen-bond donors (Lipinski definition) is 1. The molecular formula is C15H12FIN2O2. The summed E-state index contributed by atoms with van der Waals surface area (Å²) in [4.78, 5) is 11.9. The molecule has 4 nitrogen and oxygen atoms in total. The first-order valence-electron chi connectivity index (χ1n) is 6.02. The van der Waals surface area contributed by atoms with Gasteiger partial charge in [-0.15, -0.1) is 0 Å². The lowest BCUT2D eigenvalue weighted by Gasteiger charge is -2.05. The molecule has 0 spiro atoms. The Balaban J connectivity index is 2.03. The molecule has 2 aromatic rings. The van der Waals surface area contributed by atoms with Gasteiger partial charge < -0.3 is 4.74 Å². The average Bonchev–Trinajstić information content (AvgIpc) is 2.49. The summed E-state index contributed by atoms with van der Waals surface area (Å²) in [6.07, 6.45) is 1.45. The van der Waals surface area contributed by atoms with Gasteiger partial charge in [0.25, 0.3) is 5.91 Å². The Morgan fingerprint density at radius 2 is 2.00 bits per heavy atom.